The molecule has 1 N–H and O–H groups in total. The number of pyridine rings is 1. The number of hydrogen-bond acceptors (Lipinski definition) is 4. The highest BCUT2D eigenvalue weighted by Crippen LogP contribution is 2.36. The van der Waals surface area contributed by atoms with Gasteiger partial charge in [-0.25, -0.2) is 4.98 Å². The van der Waals surface area contributed by atoms with Crippen molar-refractivity contribution >= 4 is 23.0 Å². The number of benzene rings is 1. The molecule has 0 aliphatic heterocycles. The highest BCUT2D eigenvalue weighted by molar-refractivity contribution is 6.13. The van der Waals surface area contributed by atoms with Crippen LogP contribution < -0.4 is 10.1 Å². The largest absolute Gasteiger partial charge is 0.493 e. The van der Waals surface area contributed by atoms with E-state index in [1.165, 1.54) is 0 Å². The van der Waals surface area contributed by atoms with E-state index in [4.69, 9.17) is 4.74 Å². The summed E-state index contributed by atoms with van der Waals surface area (Å²) in [7, 11) is 1.83. The lowest BCUT2D eigenvalue weighted by Crippen LogP contribution is -2.18. The number of ether oxygens (including phenoxy) is 1. The van der Waals surface area contributed by atoms with Gasteiger partial charge in [-0.1, -0.05) is 19.1 Å². The fourth-order valence-corrected chi connectivity index (χ4v) is 3.59. The molecular weight excluding hydrogens is 364 g/mol. The maximum absolute atomic E-state index is 13.1. The summed E-state index contributed by atoms with van der Waals surface area (Å²) in [6.45, 7) is 4.78. The molecule has 0 radical (unpaired) electrons. The molecule has 3 aromatic rings. The molecule has 1 aliphatic carbocycles. The highest BCUT2D eigenvalue weighted by atomic mass is 16.5. The second-order valence-electron chi connectivity index (χ2n) is 7.42. The molecule has 150 valence electrons. The minimum Gasteiger partial charge on any atom is -0.493 e. The average molecular weight is 390 g/mol. The predicted octanol–water partition coefficient (Wildman–Crippen LogP) is 4.51. The number of rotatable bonds is 7. The number of amides is 1. The Morgan fingerprint density at radius 2 is 2.17 bits per heavy atom. The van der Waals surface area contributed by atoms with Crippen LogP contribution in [-0.2, 0) is 0 Å². The van der Waals surface area contributed by atoms with Crippen molar-refractivity contribution in [3.8, 4) is 5.75 Å². The van der Waals surface area contributed by atoms with Crippen LogP contribution in [0.4, 0.5) is 5.69 Å². The summed E-state index contributed by atoms with van der Waals surface area (Å²) in [4.78, 5) is 22.0. The average Bonchev–Trinajstić information content (AvgIpc) is 3.47. The molecule has 1 saturated carbocycles. The summed E-state index contributed by atoms with van der Waals surface area (Å²) < 4.78 is 7.43. The molecule has 0 spiro atoms. The second kappa shape index (κ2) is 8.07. The highest BCUT2D eigenvalue weighted by Gasteiger charge is 2.30. The van der Waals surface area contributed by atoms with Crippen LogP contribution in [-0.4, -0.2) is 34.7 Å². The Bertz CT molecular complexity index is 1080. The van der Waals surface area contributed by atoms with Gasteiger partial charge in [0.2, 0.25) is 0 Å². The van der Waals surface area contributed by atoms with Crippen molar-refractivity contribution < 1.29 is 9.53 Å². The van der Waals surface area contributed by atoms with Gasteiger partial charge in [0.25, 0.3) is 5.91 Å². The summed E-state index contributed by atoms with van der Waals surface area (Å²) in [6.07, 6.45) is 6.67. The van der Waals surface area contributed by atoms with E-state index in [1.54, 1.807) is 10.6 Å². The third-order valence-corrected chi connectivity index (χ3v) is 5.17. The molecule has 6 nitrogen and oxygen atoms in total. The zero-order valence-corrected chi connectivity index (χ0v) is 17.1. The minimum absolute atomic E-state index is 0.196. The minimum atomic E-state index is -0.196. The maximum atomic E-state index is 13.1. The number of fused-ring (bicyclic) bond motifs is 1. The van der Waals surface area contributed by atoms with Crippen LogP contribution in [0.2, 0.25) is 0 Å². The molecule has 2 heterocycles. The van der Waals surface area contributed by atoms with Crippen LogP contribution in [0.15, 0.2) is 47.7 Å². The van der Waals surface area contributed by atoms with Crippen molar-refractivity contribution in [1.29, 1.82) is 0 Å². The Balaban J connectivity index is 1.63. The topological polar surface area (TPSA) is 68.0 Å². The Labute approximate surface area is 170 Å². The lowest BCUT2D eigenvalue weighted by molar-refractivity contribution is 0.102. The zero-order chi connectivity index (χ0) is 20.4. The van der Waals surface area contributed by atoms with Gasteiger partial charge in [0, 0.05) is 36.5 Å². The molecule has 0 bridgehead atoms. The van der Waals surface area contributed by atoms with Gasteiger partial charge >= 0.3 is 0 Å². The SMILES string of the molecule is CCCOc1ccn2c(C(=O)Nc3cccc(C)c3C(=NC)C3CC3)cnc2c1. The number of aryl methyl sites for hydroxylation is 1. The molecular formula is C23H26N4O2. The molecule has 1 amide bonds. The van der Waals surface area contributed by atoms with Gasteiger partial charge in [0.1, 0.15) is 17.1 Å². The number of carbonyl (C=O) groups is 1. The molecule has 6 heteroatoms. The number of anilines is 1. The van der Waals surface area contributed by atoms with Crippen LogP contribution in [0.3, 0.4) is 0 Å². The third kappa shape index (κ3) is 3.88. The van der Waals surface area contributed by atoms with Crippen LogP contribution in [0.1, 0.15) is 47.8 Å². The van der Waals surface area contributed by atoms with E-state index in [1.807, 2.05) is 37.5 Å². The van der Waals surface area contributed by atoms with Crippen molar-refractivity contribution in [3.63, 3.8) is 0 Å². The number of nitrogens with zero attached hydrogens (tertiary/aromatic N) is 3. The number of carbonyl (C=O) groups excluding carboxylic acids is 1. The first-order chi connectivity index (χ1) is 14.1. The molecule has 0 saturated heterocycles. The van der Waals surface area contributed by atoms with Gasteiger partial charge in [-0.2, -0.15) is 0 Å². The molecule has 4 rings (SSSR count). The summed E-state index contributed by atoms with van der Waals surface area (Å²) in [6, 6.07) is 9.66. The first-order valence-corrected chi connectivity index (χ1v) is 10.1. The summed E-state index contributed by atoms with van der Waals surface area (Å²) in [5.41, 5.74) is 5.19. The quantitative estimate of drug-likeness (QED) is 0.604. The maximum Gasteiger partial charge on any atom is 0.274 e. The van der Waals surface area contributed by atoms with Crippen molar-refractivity contribution in [2.24, 2.45) is 10.9 Å². The van der Waals surface area contributed by atoms with Crippen molar-refractivity contribution in [3.05, 3.63) is 59.5 Å². The van der Waals surface area contributed by atoms with E-state index < -0.39 is 0 Å². The Morgan fingerprint density at radius 3 is 2.90 bits per heavy atom. The summed E-state index contributed by atoms with van der Waals surface area (Å²) >= 11 is 0. The molecule has 0 atom stereocenters. The van der Waals surface area contributed by atoms with Crippen LogP contribution in [0.5, 0.6) is 5.75 Å². The summed E-state index contributed by atoms with van der Waals surface area (Å²) in [5.74, 6) is 1.05. The number of hydrogen-bond donors (Lipinski definition) is 1. The first kappa shape index (κ1) is 19.2. The monoisotopic (exact) mass is 390 g/mol. The fraction of sp³-hybridized carbons (Fsp3) is 0.348. The molecule has 1 fully saturated rings. The Hall–Kier alpha value is -3.15. The molecule has 29 heavy (non-hydrogen) atoms. The summed E-state index contributed by atoms with van der Waals surface area (Å²) in [5, 5.41) is 3.08. The molecule has 1 aliphatic rings. The van der Waals surface area contributed by atoms with Gasteiger partial charge in [-0.05, 0) is 43.9 Å². The van der Waals surface area contributed by atoms with Gasteiger partial charge < -0.3 is 10.1 Å². The molecule has 2 aromatic heterocycles. The first-order valence-electron chi connectivity index (χ1n) is 10.1. The number of imidazole rings is 1. The van der Waals surface area contributed by atoms with Crippen LogP contribution in [0, 0.1) is 12.8 Å². The smallest absolute Gasteiger partial charge is 0.274 e. The van der Waals surface area contributed by atoms with Crippen LogP contribution in [0.25, 0.3) is 5.65 Å². The van der Waals surface area contributed by atoms with Crippen molar-refractivity contribution in [2.45, 2.75) is 33.1 Å². The van der Waals surface area contributed by atoms with Gasteiger partial charge in [-0.15, -0.1) is 0 Å². The van der Waals surface area contributed by atoms with Gasteiger partial charge in [-0.3, -0.25) is 14.2 Å². The van der Waals surface area contributed by atoms with Crippen LogP contribution >= 0.6 is 0 Å². The Kier molecular flexibility index (Phi) is 5.34. The van der Waals surface area contributed by atoms with Crippen molar-refractivity contribution in [2.75, 3.05) is 19.0 Å². The number of aliphatic imine (C=N–C) groups is 1. The molecule has 0 unspecified atom stereocenters. The molecule has 1 aromatic carbocycles. The van der Waals surface area contributed by atoms with E-state index in [0.29, 0.717) is 23.9 Å². The van der Waals surface area contributed by atoms with Crippen molar-refractivity contribution in [1.82, 2.24) is 9.38 Å². The predicted molar refractivity (Wildman–Crippen MR) is 115 cm³/mol. The van der Waals surface area contributed by atoms with E-state index in [-0.39, 0.29) is 5.91 Å². The fourth-order valence-electron chi connectivity index (χ4n) is 3.59. The lowest BCUT2D eigenvalue weighted by Gasteiger charge is -2.15. The van der Waals surface area contributed by atoms with E-state index in [2.05, 4.69) is 35.2 Å². The normalized spacial score (nSPS) is 14.2. The lowest BCUT2D eigenvalue weighted by atomic mass is 9.98. The second-order valence-corrected chi connectivity index (χ2v) is 7.42. The number of nitrogens with one attached hydrogen (secondary N) is 1. The van der Waals surface area contributed by atoms with E-state index in [9.17, 15) is 4.79 Å². The zero-order valence-electron chi connectivity index (χ0n) is 17.1. The van der Waals surface area contributed by atoms with E-state index in [0.717, 1.165) is 47.5 Å². The van der Waals surface area contributed by atoms with Gasteiger partial charge in [0.05, 0.1) is 18.5 Å². The standard InChI is InChI=1S/C23H26N4O2/c1-4-12-29-17-10-11-27-19(14-25-20(27)13-17)23(28)26-18-7-5-6-15(2)21(18)22(24-3)16-8-9-16/h5-7,10-11,13-14,16H,4,8-9,12H2,1-3H3,(H,26,28). The Morgan fingerprint density at radius 1 is 1.34 bits per heavy atom. The third-order valence-electron chi connectivity index (χ3n) is 5.17. The number of aromatic nitrogens is 2. The van der Waals surface area contributed by atoms with Gasteiger partial charge in [0.15, 0.2) is 0 Å². The van der Waals surface area contributed by atoms with E-state index >= 15 is 0 Å².